The molecule has 0 aliphatic carbocycles. The molecule has 2 N–H and O–H groups in total. The fraction of sp³-hybridized carbons (Fsp3) is 0.462. The van der Waals surface area contributed by atoms with Crippen molar-refractivity contribution >= 4 is 21.1 Å². The fourth-order valence-corrected chi connectivity index (χ4v) is 3.35. The Kier molecular flexibility index (Phi) is 3.73. The number of oxazole rings is 1. The molecule has 0 spiro atoms. The molecule has 0 unspecified atom stereocenters. The summed E-state index contributed by atoms with van der Waals surface area (Å²) in [4.78, 5) is 4.02. The second-order valence-electron chi connectivity index (χ2n) is 5.01. The van der Waals surface area contributed by atoms with Crippen LogP contribution in [0.1, 0.15) is 12.8 Å². The quantitative estimate of drug-likeness (QED) is 0.882. The van der Waals surface area contributed by atoms with E-state index in [9.17, 15) is 8.42 Å². The molecular weight excluding hydrogens is 278 g/mol. The molecule has 1 fully saturated rings. The van der Waals surface area contributed by atoms with Crippen LogP contribution in [0.15, 0.2) is 33.9 Å². The van der Waals surface area contributed by atoms with Gasteiger partial charge in [-0.15, -0.1) is 0 Å². The SMILES string of the molecule is O=S(=O)(NC[C@@H]1CCCNC1)c1nc2ccccc2o1. The molecule has 1 saturated heterocycles. The first-order chi connectivity index (χ1) is 9.65. The number of hydrogen-bond acceptors (Lipinski definition) is 5. The fourth-order valence-electron chi connectivity index (χ4n) is 2.35. The van der Waals surface area contributed by atoms with Crippen LogP contribution >= 0.6 is 0 Å². The Morgan fingerprint density at radius 1 is 1.40 bits per heavy atom. The largest absolute Gasteiger partial charge is 0.427 e. The van der Waals surface area contributed by atoms with Gasteiger partial charge in [0.2, 0.25) is 0 Å². The van der Waals surface area contributed by atoms with E-state index in [1.165, 1.54) is 0 Å². The number of nitrogens with zero attached hydrogens (tertiary/aromatic N) is 1. The van der Waals surface area contributed by atoms with Crippen molar-refractivity contribution in [3.05, 3.63) is 24.3 Å². The summed E-state index contributed by atoms with van der Waals surface area (Å²) in [5.41, 5.74) is 1.03. The molecule has 0 amide bonds. The van der Waals surface area contributed by atoms with E-state index < -0.39 is 10.0 Å². The van der Waals surface area contributed by atoms with Crippen molar-refractivity contribution in [2.45, 2.75) is 18.1 Å². The van der Waals surface area contributed by atoms with Crippen LogP contribution in [-0.2, 0) is 10.0 Å². The van der Waals surface area contributed by atoms with Crippen LogP contribution in [0, 0.1) is 5.92 Å². The number of fused-ring (bicyclic) bond motifs is 1. The Balaban J connectivity index is 1.73. The van der Waals surface area contributed by atoms with Crippen LogP contribution in [0.3, 0.4) is 0 Å². The van der Waals surface area contributed by atoms with Gasteiger partial charge in [-0.25, -0.2) is 13.1 Å². The molecule has 3 rings (SSSR count). The van der Waals surface area contributed by atoms with E-state index in [4.69, 9.17) is 4.42 Å². The molecule has 0 radical (unpaired) electrons. The Labute approximate surface area is 117 Å². The van der Waals surface area contributed by atoms with E-state index in [1.807, 2.05) is 0 Å². The Morgan fingerprint density at radius 2 is 2.25 bits per heavy atom. The van der Waals surface area contributed by atoms with Crippen LogP contribution in [0.5, 0.6) is 0 Å². The van der Waals surface area contributed by atoms with E-state index in [0.29, 0.717) is 23.6 Å². The zero-order valence-corrected chi connectivity index (χ0v) is 11.8. The highest BCUT2D eigenvalue weighted by molar-refractivity contribution is 7.89. The number of hydrogen-bond donors (Lipinski definition) is 2. The molecule has 1 aromatic carbocycles. The number of para-hydroxylation sites is 2. The highest BCUT2D eigenvalue weighted by Gasteiger charge is 2.23. The highest BCUT2D eigenvalue weighted by atomic mass is 32.2. The van der Waals surface area contributed by atoms with Crippen molar-refractivity contribution in [3.63, 3.8) is 0 Å². The van der Waals surface area contributed by atoms with Gasteiger partial charge in [0.25, 0.3) is 10.0 Å². The third-order valence-corrected chi connectivity index (χ3v) is 4.65. The van der Waals surface area contributed by atoms with Crippen molar-refractivity contribution < 1.29 is 12.8 Å². The van der Waals surface area contributed by atoms with Gasteiger partial charge in [-0.1, -0.05) is 12.1 Å². The predicted octanol–water partition coefficient (Wildman–Crippen LogP) is 1.11. The summed E-state index contributed by atoms with van der Waals surface area (Å²) >= 11 is 0. The molecule has 1 aromatic heterocycles. The molecule has 108 valence electrons. The number of rotatable bonds is 4. The average Bonchev–Trinajstić information content (AvgIpc) is 2.91. The van der Waals surface area contributed by atoms with Crippen molar-refractivity contribution in [1.82, 2.24) is 15.0 Å². The highest BCUT2D eigenvalue weighted by Crippen LogP contribution is 2.18. The molecule has 1 aliphatic rings. The van der Waals surface area contributed by atoms with Gasteiger partial charge < -0.3 is 9.73 Å². The van der Waals surface area contributed by atoms with Crippen molar-refractivity contribution in [1.29, 1.82) is 0 Å². The molecule has 2 aromatic rings. The maximum Gasteiger partial charge on any atom is 0.331 e. The lowest BCUT2D eigenvalue weighted by atomic mass is 10.0. The van der Waals surface area contributed by atoms with Crippen molar-refractivity contribution in [2.24, 2.45) is 5.92 Å². The molecule has 7 heteroatoms. The monoisotopic (exact) mass is 295 g/mol. The Hall–Kier alpha value is -1.44. The van der Waals surface area contributed by atoms with Crippen LogP contribution in [-0.4, -0.2) is 33.0 Å². The summed E-state index contributed by atoms with van der Waals surface area (Å²) in [6.45, 7) is 2.26. The lowest BCUT2D eigenvalue weighted by Crippen LogP contribution is -2.38. The van der Waals surface area contributed by atoms with E-state index in [1.54, 1.807) is 24.3 Å². The number of benzene rings is 1. The van der Waals surface area contributed by atoms with Gasteiger partial charge in [-0.2, -0.15) is 4.98 Å². The molecule has 0 saturated carbocycles. The smallest absolute Gasteiger partial charge is 0.331 e. The van der Waals surface area contributed by atoms with Gasteiger partial charge in [0, 0.05) is 6.54 Å². The first-order valence-corrected chi connectivity index (χ1v) is 8.19. The Bertz CT molecular complexity index is 657. The van der Waals surface area contributed by atoms with Crippen LogP contribution in [0.2, 0.25) is 0 Å². The standard InChI is InChI=1S/C13H17N3O3S/c17-20(18,15-9-10-4-3-7-14-8-10)13-16-11-5-1-2-6-12(11)19-13/h1-2,5-6,10,14-15H,3-4,7-9H2/t10-/m1/s1. The minimum Gasteiger partial charge on any atom is -0.427 e. The first-order valence-electron chi connectivity index (χ1n) is 6.71. The Morgan fingerprint density at radius 3 is 3.00 bits per heavy atom. The number of piperidine rings is 1. The molecule has 1 aliphatic heterocycles. The average molecular weight is 295 g/mol. The first kappa shape index (κ1) is 13.5. The molecule has 20 heavy (non-hydrogen) atoms. The number of aromatic nitrogens is 1. The molecule has 6 nitrogen and oxygen atoms in total. The third kappa shape index (κ3) is 2.84. The lowest BCUT2D eigenvalue weighted by molar-refractivity contribution is 0.373. The van der Waals surface area contributed by atoms with Gasteiger partial charge in [0.05, 0.1) is 0 Å². The van der Waals surface area contributed by atoms with Crippen LogP contribution < -0.4 is 10.0 Å². The van der Waals surface area contributed by atoms with Crippen molar-refractivity contribution in [3.8, 4) is 0 Å². The number of sulfonamides is 1. The summed E-state index contributed by atoms with van der Waals surface area (Å²) in [6.07, 6.45) is 2.11. The molecule has 1 atom stereocenters. The van der Waals surface area contributed by atoms with Crippen molar-refractivity contribution in [2.75, 3.05) is 19.6 Å². The molecule has 2 heterocycles. The third-order valence-electron chi connectivity index (χ3n) is 3.47. The summed E-state index contributed by atoms with van der Waals surface area (Å²) in [7, 11) is -3.68. The summed E-state index contributed by atoms with van der Waals surface area (Å²) in [5.74, 6) is 0.322. The molecular formula is C13H17N3O3S. The minimum absolute atomic E-state index is 0.262. The van der Waals surface area contributed by atoms with Gasteiger partial charge >= 0.3 is 5.22 Å². The zero-order chi connectivity index (χ0) is 14.0. The lowest BCUT2D eigenvalue weighted by Gasteiger charge is -2.22. The van der Waals surface area contributed by atoms with Crippen LogP contribution in [0.25, 0.3) is 11.1 Å². The zero-order valence-electron chi connectivity index (χ0n) is 11.0. The second kappa shape index (κ2) is 5.51. The predicted molar refractivity (Wildman–Crippen MR) is 74.8 cm³/mol. The van der Waals surface area contributed by atoms with Gasteiger partial charge in [-0.05, 0) is 44.0 Å². The van der Waals surface area contributed by atoms with Gasteiger partial charge in [-0.3, -0.25) is 0 Å². The summed E-state index contributed by atoms with van der Waals surface area (Å²) in [6, 6.07) is 7.00. The second-order valence-corrected chi connectivity index (χ2v) is 6.66. The van der Waals surface area contributed by atoms with E-state index in [-0.39, 0.29) is 5.22 Å². The summed E-state index contributed by atoms with van der Waals surface area (Å²) in [5, 5.41) is 3.00. The molecule has 0 bridgehead atoms. The normalized spacial score (nSPS) is 20.3. The maximum atomic E-state index is 12.2. The topological polar surface area (TPSA) is 84.2 Å². The van der Waals surface area contributed by atoms with Gasteiger partial charge in [0.15, 0.2) is 5.58 Å². The van der Waals surface area contributed by atoms with Crippen LogP contribution in [0.4, 0.5) is 0 Å². The van der Waals surface area contributed by atoms with E-state index in [0.717, 1.165) is 25.9 Å². The van der Waals surface area contributed by atoms with Gasteiger partial charge in [0.1, 0.15) is 5.52 Å². The summed E-state index contributed by atoms with van der Waals surface area (Å²) < 4.78 is 32.2. The van der Waals surface area contributed by atoms with E-state index >= 15 is 0 Å². The number of nitrogens with one attached hydrogen (secondary N) is 2. The maximum absolute atomic E-state index is 12.2. The van der Waals surface area contributed by atoms with E-state index in [2.05, 4.69) is 15.0 Å². The minimum atomic E-state index is -3.68.